The minimum Gasteiger partial charge on any atom is -0.352 e. The van der Waals surface area contributed by atoms with Crippen molar-refractivity contribution in [2.45, 2.75) is 31.7 Å². The molecule has 0 spiro atoms. The second kappa shape index (κ2) is 3.74. The highest BCUT2D eigenvalue weighted by Gasteiger charge is 2.34. The van der Waals surface area contributed by atoms with Crippen LogP contribution in [0.4, 0.5) is 5.82 Å². The second-order valence-electron chi connectivity index (χ2n) is 4.52. The van der Waals surface area contributed by atoms with Crippen molar-refractivity contribution in [3.63, 3.8) is 0 Å². The Morgan fingerprint density at radius 2 is 1.93 bits per heavy atom. The Morgan fingerprint density at radius 1 is 1.13 bits per heavy atom. The van der Waals surface area contributed by atoms with E-state index in [0.29, 0.717) is 6.04 Å². The predicted octanol–water partition coefficient (Wildman–Crippen LogP) is 2.62. The SMILES string of the molecule is Brc1cnc(N2CC3CCC2CC3)cn1. The van der Waals surface area contributed by atoms with Gasteiger partial charge in [0.1, 0.15) is 10.4 Å². The molecule has 3 fully saturated rings. The fourth-order valence-electron chi connectivity index (χ4n) is 2.80. The topological polar surface area (TPSA) is 29.0 Å². The van der Waals surface area contributed by atoms with E-state index in [9.17, 15) is 0 Å². The van der Waals surface area contributed by atoms with Crippen LogP contribution in [0.5, 0.6) is 0 Å². The zero-order chi connectivity index (χ0) is 10.3. The molecule has 1 saturated carbocycles. The summed E-state index contributed by atoms with van der Waals surface area (Å²) in [5, 5.41) is 0. The van der Waals surface area contributed by atoms with E-state index in [0.717, 1.165) is 16.3 Å². The summed E-state index contributed by atoms with van der Waals surface area (Å²) in [5.74, 6) is 1.94. The molecule has 1 aromatic rings. The van der Waals surface area contributed by atoms with Crippen LogP contribution in [-0.4, -0.2) is 22.6 Å². The summed E-state index contributed by atoms with van der Waals surface area (Å²) >= 11 is 3.32. The normalized spacial score (nSPS) is 29.5. The van der Waals surface area contributed by atoms with E-state index in [4.69, 9.17) is 0 Å². The van der Waals surface area contributed by atoms with Crippen LogP contribution in [0.25, 0.3) is 0 Å². The average molecular weight is 268 g/mol. The van der Waals surface area contributed by atoms with Gasteiger partial charge in [-0.05, 0) is 47.5 Å². The van der Waals surface area contributed by atoms with Gasteiger partial charge < -0.3 is 4.90 Å². The van der Waals surface area contributed by atoms with Gasteiger partial charge in [0, 0.05) is 12.6 Å². The number of hydrogen-bond donors (Lipinski definition) is 0. The highest BCUT2D eigenvalue weighted by Crippen LogP contribution is 2.36. The number of aromatic nitrogens is 2. The van der Waals surface area contributed by atoms with Gasteiger partial charge in [-0.25, -0.2) is 9.97 Å². The van der Waals surface area contributed by atoms with Gasteiger partial charge in [0.15, 0.2) is 0 Å². The molecule has 0 atom stereocenters. The maximum Gasteiger partial charge on any atom is 0.147 e. The van der Waals surface area contributed by atoms with E-state index >= 15 is 0 Å². The van der Waals surface area contributed by atoms with Crippen LogP contribution >= 0.6 is 15.9 Å². The fraction of sp³-hybridized carbons (Fsp3) is 0.636. The summed E-state index contributed by atoms with van der Waals surface area (Å²) in [7, 11) is 0. The number of nitrogens with zero attached hydrogens (tertiary/aromatic N) is 3. The monoisotopic (exact) mass is 267 g/mol. The average Bonchev–Trinajstić information content (AvgIpc) is 2.31. The molecule has 1 aromatic heterocycles. The van der Waals surface area contributed by atoms with Gasteiger partial charge in [-0.3, -0.25) is 0 Å². The zero-order valence-corrected chi connectivity index (χ0v) is 10.2. The highest BCUT2D eigenvalue weighted by atomic mass is 79.9. The molecule has 15 heavy (non-hydrogen) atoms. The minimum absolute atomic E-state index is 0.713. The number of anilines is 1. The lowest BCUT2D eigenvalue weighted by atomic mass is 9.80. The lowest BCUT2D eigenvalue weighted by molar-refractivity contribution is 0.250. The Labute approximate surface area is 98.0 Å². The smallest absolute Gasteiger partial charge is 0.147 e. The first-order valence-corrected chi connectivity index (χ1v) is 6.36. The molecule has 2 saturated heterocycles. The van der Waals surface area contributed by atoms with Crippen molar-refractivity contribution in [1.29, 1.82) is 0 Å². The van der Waals surface area contributed by atoms with E-state index < -0.39 is 0 Å². The maximum absolute atomic E-state index is 4.44. The molecule has 4 rings (SSSR count). The van der Waals surface area contributed by atoms with Gasteiger partial charge >= 0.3 is 0 Å². The Kier molecular flexibility index (Phi) is 2.39. The van der Waals surface area contributed by atoms with Crippen LogP contribution in [0.15, 0.2) is 17.0 Å². The van der Waals surface area contributed by atoms with Gasteiger partial charge in [0.05, 0.1) is 12.4 Å². The van der Waals surface area contributed by atoms with Gasteiger partial charge in [-0.1, -0.05) is 0 Å². The number of piperidine rings is 2. The van der Waals surface area contributed by atoms with E-state index in [2.05, 4.69) is 30.8 Å². The third kappa shape index (κ3) is 1.75. The third-order valence-corrected chi connectivity index (χ3v) is 4.02. The standard InChI is InChI=1S/C11H14BrN3/c12-10-5-14-11(6-13-10)15-7-8-1-3-9(15)4-2-8/h5-6,8-9H,1-4,7H2. The van der Waals surface area contributed by atoms with Crippen LogP contribution < -0.4 is 4.90 Å². The Hall–Kier alpha value is -0.640. The number of halogens is 1. The van der Waals surface area contributed by atoms with Crippen molar-refractivity contribution in [3.05, 3.63) is 17.0 Å². The predicted molar refractivity (Wildman–Crippen MR) is 62.8 cm³/mol. The first-order valence-electron chi connectivity index (χ1n) is 5.57. The van der Waals surface area contributed by atoms with Crippen molar-refractivity contribution in [3.8, 4) is 0 Å². The molecule has 2 bridgehead atoms. The summed E-state index contributed by atoms with van der Waals surface area (Å²) in [6, 6.07) is 0.713. The maximum atomic E-state index is 4.44. The summed E-state index contributed by atoms with van der Waals surface area (Å²) in [6.07, 6.45) is 9.16. The molecule has 0 radical (unpaired) electrons. The van der Waals surface area contributed by atoms with E-state index in [1.165, 1.54) is 32.2 Å². The van der Waals surface area contributed by atoms with Crippen molar-refractivity contribution in [1.82, 2.24) is 9.97 Å². The summed E-state index contributed by atoms with van der Waals surface area (Å²) < 4.78 is 0.813. The quantitative estimate of drug-likeness (QED) is 0.784. The molecule has 3 aliphatic rings. The molecule has 0 amide bonds. The molecule has 3 heterocycles. The van der Waals surface area contributed by atoms with Gasteiger partial charge in [-0.15, -0.1) is 0 Å². The molecular formula is C11H14BrN3. The lowest BCUT2D eigenvalue weighted by Crippen LogP contribution is -2.48. The Bertz CT molecular complexity index is 343. The zero-order valence-electron chi connectivity index (χ0n) is 8.56. The van der Waals surface area contributed by atoms with Crippen molar-refractivity contribution in [2.24, 2.45) is 5.92 Å². The van der Waals surface area contributed by atoms with Gasteiger partial charge in [-0.2, -0.15) is 0 Å². The van der Waals surface area contributed by atoms with Crippen LogP contribution in [0.3, 0.4) is 0 Å². The molecule has 1 aliphatic carbocycles. The molecule has 0 unspecified atom stereocenters. The summed E-state index contributed by atoms with van der Waals surface area (Å²) in [6.45, 7) is 1.18. The molecule has 80 valence electrons. The second-order valence-corrected chi connectivity index (χ2v) is 5.34. The van der Waals surface area contributed by atoms with Crippen molar-refractivity contribution >= 4 is 21.7 Å². The van der Waals surface area contributed by atoms with Gasteiger partial charge in [0.25, 0.3) is 0 Å². The largest absolute Gasteiger partial charge is 0.352 e. The molecule has 3 nitrogen and oxygen atoms in total. The van der Waals surface area contributed by atoms with Gasteiger partial charge in [0.2, 0.25) is 0 Å². The Morgan fingerprint density at radius 3 is 2.47 bits per heavy atom. The van der Waals surface area contributed by atoms with Crippen LogP contribution in [0.2, 0.25) is 0 Å². The summed E-state index contributed by atoms with van der Waals surface area (Å²) in [5.41, 5.74) is 0. The van der Waals surface area contributed by atoms with E-state index in [1.54, 1.807) is 6.20 Å². The first kappa shape index (κ1) is 9.58. The lowest BCUT2D eigenvalue weighted by Gasteiger charge is -2.45. The van der Waals surface area contributed by atoms with Crippen LogP contribution in [-0.2, 0) is 0 Å². The van der Waals surface area contributed by atoms with Crippen LogP contribution in [0, 0.1) is 5.92 Å². The molecule has 0 aromatic carbocycles. The number of fused-ring (bicyclic) bond motifs is 3. The number of rotatable bonds is 1. The van der Waals surface area contributed by atoms with Crippen LogP contribution in [0.1, 0.15) is 25.7 Å². The molecular weight excluding hydrogens is 254 g/mol. The van der Waals surface area contributed by atoms with Crippen molar-refractivity contribution in [2.75, 3.05) is 11.4 Å². The van der Waals surface area contributed by atoms with E-state index in [-0.39, 0.29) is 0 Å². The van der Waals surface area contributed by atoms with Crippen molar-refractivity contribution < 1.29 is 0 Å². The fourth-order valence-corrected chi connectivity index (χ4v) is 3.01. The minimum atomic E-state index is 0.713. The molecule has 2 aliphatic heterocycles. The first-order chi connectivity index (χ1) is 7.33. The Balaban J connectivity index is 1.85. The highest BCUT2D eigenvalue weighted by molar-refractivity contribution is 9.10. The number of hydrogen-bond acceptors (Lipinski definition) is 3. The molecule has 0 N–H and O–H groups in total. The molecule has 4 heteroatoms. The van der Waals surface area contributed by atoms with E-state index in [1.807, 2.05) is 6.20 Å². The summed E-state index contributed by atoms with van der Waals surface area (Å²) in [4.78, 5) is 11.1. The third-order valence-electron chi connectivity index (χ3n) is 3.61.